The summed E-state index contributed by atoms with van der Waals surface area (Å²) in [5.41, 5.74) is 0. The number of Topliss-reactive ketones (excluding diaryl/α,β-unsaturated/α-hetero) is 2. The number of carbonyl (C=O) groups is 2. The molecule has 4 rings (SSSR count). The first kappa shape index (κ1) is 7.61. The lowest BCUT2D eigenvalue weighted by atomic mass is 9.71. The molecule has 0 spiro atoms. The molecule has 0 saturated heterocycles. The van der Waals surface area contributed by atoms with Gasteiger partial charge in [-0.2, -0.15) is 0 Å². The summed E-state index contributed by atoms with van der Waals surface area (Å²) in [6.07, 6.45) is 4.34. The van der Waals surface area contributed by atoms with Crippen LogP contribution < -0.4 is 0 Å². The minimum atomic E-state index is 0.296. The van der Waals surface area contributed by atoms with Crippen molar-refractivity contribution in [2.75, 3.05) is 0 Å². The largest absolute Gasteiger partial charge is 0.299 e. The maximum atomic E-state index is 11.9. The zero-order valence-electron chi connectivity index (χ0n) is 8.11. The lowest BCUT2D eigenvalue weighted by Gasteiger charge is -2.31. The lowest BCUT2D eigenvalue weighted by molar-refractivity contribution is -0.125. The molecule has 0 aromatic rings. The minimum absolute atomic E-state index is 0.296. The number of rotatable bonds is 0. The van der Waals surface area contributed by atoms with Gasteiger partial charge in [0.1, 0.15) is 11.6 Å². The van der Waals surface area contributed by atoms with E-state index in [0.717, 1.165) is 25.7 Å². The van der Waals surface area contributed by atoms with Gasteiger partial charge < -0.3 is 0 Å². The number of hydrogen-bond acceptors (Lipinski definition) is 2. The first-order chi connectivity index (χ1) is 6.79. The first-order valence-electron chi connectivity index (χ1n) is 5.86. The SMILES string of the molecule is O=C1[C@@H]2CC[C@@H]1C1C2[C@H]2CC[C@H]1C2=O. The molecular weight excluding hydrogens is 176 g/mol. The molecule has 4 aliphatic carbocycles. The topological polar surface area (TPSA) is 34.1 Å². The molecule has 0 aliphatic heterocycles. The molecule has 14 heavy (non-hydrogen) atoms. The fraction of sp³-hybridized carbons (Fsp3) is 0.833. The standard InChI is InChI=1S/C12H14O2/c13-11-5-1-2-6(11)10-8-4-3-7(9(5)10)12(8)14/h5-10H,1-4H2/t5-,6-,7-,8-,9?,10?/m1/s1. The van der Waals surface area contributed by atoms with Crippen LogP contribution in [-0.4, -0.2) is 11.6 Å². The minimum Gasteiger partial charge on any atom is -0.299 e. The van der Waals surface area contributed by atoms with Gasteiger partial charge in [0.15, 0.2) is 0 Å². The molecule has 2 heteroatoms. The zero-order valence-corrected chi connectivity index (χ0v) is 8.11. The average Bonchev–Trinajstić information content (AvgIpc) is 2.87. The monoisotopic (exact) mass is 190 g/mol. The lowest BCUT2D eigenvalue weighted by Crippen LogP contribution is -2.27. The highest BCUT2D eigenvalue weighted by atomic mass is 16.1. The van der Waals surface area contributed by atoms with Crippen LogP contribution in [0.4, 0.5) is 0 Å². The Labute approximate surface area is 83.1 Å². The molecule has 4 aliphatic rings. The molecule has 2 nitrogen and oxygen atoms in total. The van der Waals surface area contributed by atoms with Gasteiger partial charge in [0.05, 0.1) is 0 Å². The van der Waals surface area contributed by atoms with Crippen LogP contribution in [0, 0.1) is 35.5 Å². The van der Waals surface area contributed by atoms with Crippen LogP contribution in [0.3, 0.4) is 0 Å². The van der Waals surface area contributed by atoms with Gasteiger partial charge in [0.2, 0.25) is 0 Å². The second kappa shape index (κ2) is 2.12. The third kappa shape index (κ3) is 0.590. The normalized spacial score (nSPS) is 58.6. The van der Waals surface area contributed by atoms with Gasteiger partial charge in [-0.3, -0.25) is 9.59 Å². The summed E-state index contributed by atoms with van der Waals surface area (Å²) in [5, 5.41) is 0. The maximum Gasteiger partial charge on any atom is 0.139 e. The summed E-state index contributed by atoms with van der Waals surface area (Å²) >= 11 is 0. The zero-order chi connectivity index (χ0) is 9.45. The quantitative estimate of drug-likeness (QED) is 0.542. The van der Waals surface area contributed by atoms with E-state index in [2.05, 4.69) is 0 Å². The van der Waals surface area contributed by atoms with Crippen molar-refractivity contribution in [1.29, 1.82) is 0 Å². The van der Waals surface area contributed by atoms with Crippen LogP contribution in [0.5, 0.6) is 0 Å². The Morgan fingerprint density at radius 1 is 0.643 bits per heavy atom. The molecule has 0 aromatic heterocycles. The van der Waals surface area contributed by atoms with E-state index in [4.69, 9.17) is 0 Å². The van der Waals surface area contributed by atoms with E-state index in [1.807, 2.05) is 0 Å². The van der Waals surface area contributed by atoms with Crippen molar-refractivity contribution in [3.05, 3.63) is 0 Å². The molecule has 4 fully saturated rings. The van der Waals surface area contributed by atoms with E-state index in [0.29, 0.717) is 47.1 Å². The van der Waals surface area contributed by atoms with Crippen molar-refractivity contribution in [3.8, 4) is 0 Å². The fourth-order valence-corrected chi connectivity index (χ4v) is 5.00. The van der Waals surface area contributed by atoms with Crippen molar-refractivity contribution in [2.24, 2.45) is 35.5 Å². The Morgan fingerprint density at radius 3 is 1.21 bits per heavy atom. The highest BCUT2D eigenvalue weighted by molar-refractivity contribution is 5.96. The summed E-state index contributed by atoms with van der Waals surface area (Å²) < 4.78 is 0. The van der Waals surface area contributed by atoms with Crippen LogP contribution in [-0.2, 0) is 9.59 Å². The smallest absolute Gasteiger partial charge is 0.139 e. The fourth-order valence-electron chi connectivity index (χ4n) is 5.00. The Bertz CT molecular complexity index is 284. The van der Waals surface area contributed by atoms with Crippen molar-refractivity contribution < 1.29 is 9.59 Å². The molecule has 0 heterocycles. The van der Waals surface area contributed by atoms with Gasteiger partial charge in [-0.25, -0.2) is 0 Å². The predicted octanol–water partition coefficient (Wildman–Crippen LogP) is 1.44. The molecule has 4 bridgehead atoms. The van der Waals surface area contributed by atoms with Crippen LogP contribution >= 0.6 is 0 Å². The van der Waals surface area contributed by atoms with E-state index >= 15 is 0 Å². The number of hydrogen-bond donors (Lipinski definition) is 0. The number of carbonyl (C=O) groups excluding carboxylic acids is 2. The number of fused-ring (bicyclic) bond motifs is 9. The second-order valence-corrected chi connectivity index (χ2v) is 5.54. The molecule has 0 aromatic carbocycles. The van der Waals surface area contributed by atoms with E-state index in [1.54, 1.807) is 0 Å². The molecular formula is C12H14O2. The van der Waals surface area contributed by atoms with Crippen LogP contribution in [0.2, 0.25) is 0 Å². The third-order valence-corrected chi connectivity index (χ3v) is 5.34. The predicted molar refractivity (Wildman–Crippen MR) is 49.4 cm³/mol. The molecule has 4 atom stereocenters. The summed E-state index contributed by atoms with van der Waals surface area (Å²) in [6.45, 7) is 0. The summed E-state index contributed by atoms with van der Waals surface area (Å²) in [5.74, 6) is 3.20. The van der Waals surface area contributed by atoms with Crippen LogP contribution in [0.15, 0.2) is 0 Å². The van der Waals surface area contributed by atoms with E-state index in [-0.39, 0.29) is 0 Å². The highest BCUT2D eigenvalue weighted by Gasteiger charge is 2.66. The van der Waals surface area contributed by atoms with Gasteiger partial charge in [-0.05, 0) is 37.5 Å². The van der Waals surface area contributed by atoms with Gasteiger partial charge in [0, 0.05) is 23.7 Å². The van der Waals surface area contributed by atoms with Crippen molar-refractivity contribution in [2.45, 2.75) is 25.7 Å². The Kier molecular flexibility index (Phi) is 1.15. The Morgan fingerprint density at radius 2 is 0.929 bits per heavy atom. The van der Waals surface area contributed by atoms with Crippen LogP contribution in [0.25, 0.3) is 0 Å². The van der Waals surface area contributed by atoms with Gasteiger partial charge >= 0.3 is 0 Å². The van der Waals surface area contributed by atoms with Gasteiger partial charge in [-0.1, -0.05) is 0 Å². The molecule has 0 radical (unpaired) electrons. The maximum absolute atomic E-state index is 11.9. The van der Waals surface area contributed by atoms with E-state index in [9.17, 15) is 9.59 Å². The Balaban J connectivity index is 1.84. The van der Waals surface area contributed by atoms with Gasteiger partial charge in [-0.15, -0.1) is 0 Å². The summed E-state index contributed by atoms with van der Waals surface area (Å²) in [7, 11) is 0. The van der Waals surface area contributed by atoms with Crippen molar-refractivity contribution >= 4 is 11.6 Å². The summed E-state index contributed by atoms with van der Waals surface area (Å²) in [4.78, 5) is 23.8. The number of ketones is 2. The molecule has 0 unspecified atom stereocenters. The van der Waals surface area contributed by atoms with Crippen LogP contribution in [0.1, 0.15) is 25.7 Å². The molecule has 0 N–H and O–H groups in total. The van der Waals surface area contributed by atoms with Gasteiger partial charge in [0.25, 0.3) is 0 Å². The van der Waals surface area contributed by atoms with E-state index in [1.165, 1.54) is 0 Å². The second-order valence-electron chi connectivity index (χ2n) is 5.54. The van der Waals surface area contributed by atoms with Crippen molar-refractivity contribution in [3.63, 3.8) is 0 Å². The summed E-state index contributed by atoms with van der Waals surface area (Å²) in [6, 6.07) is 0. The highest BCUT2D eigenvalue weighted by Crippen LogP contribution is 2.64. The first-order valence-corrected chi connectivity index (χ1v) is 5.86. The third-order valence-electron chi connectivity index (χ3n) is 5.34. The van der Waals surface area contributed by atoms with E-state index < -0.39 is 0 Å². The average molecular weight is 190 g/mol. The Hall–Kier alpha value is -0.660. The molecule has 0 amide bonds. The van der Waals surface area contributed by atoms with Crippen molar-refractivity contribution in [1.82, 2.24) is 0 Å². The molecule has 74 valence electrons. The molecule has 4 saturated carbocycles.